The first-order valence-corrected chi connectivity index (χ1v) is 8.00. The highest BCUT2D eigenvalue weighted by Gasteiger charge is 2.50. The summed E-state index contributed by atoms with van der Waals surface area (Å²) < 4.78 is 43.5. The van der Waals surface area contributed by atoms with Crippen molar-refractivity contribution in [3.05, 3.63) is 47.5 Å². The van der Waals surface area contributed by atoms with Crippen molar-refractivity contribution >= 4 is 11.9 Å². The van der Waals surface area contributed by atoms with Crippen LogP contribution in [-0.4, -0.2) is 22.6 Å². The lowest BCUT2D eigenvalue weighted by atomic mass is 9.72. The predicted octanol–water partition coefficient (Wildman–Crippen LogP) is 4.80. The summed E-state index contributed by atoms with van der Waals surface area (Å²) in [7, 11) is 0. The van der Waals surface area contributed by atoms with E-state index in [0.717, 1.165) is 12.1 Å². The van der Waals surface area contributed by atoms with Gasteiger partial charge in [0.15, 0.2) is 5.41 Å². The third-order valence-electron chi connectivity index (χ3n) is 3.87. The fourth-order valence-corrected chi connectivity index (χ4v) is 2.44. The lowest BCUT2D eigenvalue weighted by Gasteiger charge is -2.33. The zero-order valence-corrected chi connectivity index (χ0v) is 15.3. The van der Waals surface area contributed by atoms with E-state index in [9.17, 15) is 27.9 Å². The topological polar surface area (TPSA) is 63.6 Å². The van der Waals surface area contributed by atoms with Crippen LogP contribution in [0.5, 0.6) is 0 Å². The number of esters is 1. The Balaban J connectivity index is 3.43. The van der Waals surface area contributed by atoms with Crippen LogP contribution in [0.15, 0.2) is 36.4 Å². The Labute approximate surface area is 150 Å². The zero-order valence-electron chi connectivity index (χ0n) is 15.3. The SMILES string of the molecule is CC=C[C@@H](c1ccc(C(F)(F)F)cc1)[C@@](C)(C(=O)O)C(=O)OC(C)(C)C. The molecule has 144 valence electrons. The van der Waals surface area contributed by atoms with Gasteiger partial charge in [0.1, 0.15) is 5.60 Å². The minimum absolute atomic E-state index is 0.270. The monoisotopic (exact) mass is 372 g/mol. The smallest absolute Gasteiger partial charge is 0.416 e. The maximum Gasteiger partial charge on any atom is 0.416 e. The van der Waals surface area contributed by atoms with Gasteiger partial charge in [-0.25, -0.2) is 0 Å². The number of aliphatic carboxylic acids is 1. The van der Waals surface area contributed by atoms with E-state index in [1.807, 2.05) is 0 Å². The van der Waals surface area contributed by atoms with Crippen molar-refractivity contribution in [1.29, 1.82) is 0 Å². The lowest BCUT2D eigenvalue weighted by molar-refractivity contribution is -0.176. The molecule has 0 aliphatic heterocycles. The summed E-state index contributed by atoms with van der Waals surface area (Å²) in [4.78, 5) is 24.6. The molecule has 0 bridgehead atoms. The molecule has 0 amide bonds. The van der Waals surface area contributed by atoms with Crippen LogP contribution < -0.4 is 0 Å². The van der Waals surface area contributed by atoms with Crippen molar-refractivity contribution < 1.29 is 32.6 Å². The molecule has 0 aliphatic carbocycles. The van der Waals surface area contributed by atoms with Crippen molar-refractivity contribution in [3.8, 4) is 0 Å². The number of hydrogen-bond donors (Lipinski definition) is 1. The first kappa shape index (κ1) is 21.7. The second-order valence-electron chi connectivity index (χ2n) is 7.13. The average molecular weight is 372 g/mol. The molecular formula is C19H23F3O4. The number of ether oxygens (including phenoxy) is 1. The summed E-state index contributed by atoms with van der Waals surface area (Å²) in [5, 5.41) is 9.73. The molecule has 26 heavy (non-hydrogen) atoms. The number of carbonyl (C=O) groups excluding carboxylic acids is 1. The summed E-state index contributed by atoms with van der Waals surface area (Å²) in [5.74, 6) is -3.38. The first-order chi connectivity index (χ1) is 11.7. The molecule has 0 radical (unpaired) electrons. The van der Waals surface area contributed by atoms with Gasteiger partial charge in [-0.15, -0.1) is 0 Å². The van der Waals surface area contributed by atoms with Crippen molar-refractivity contribution in [3.63, 3.8) is 0 Å². The first-order valence-electron chi connectivity index (χ1n) is 8.00. The molecular weight excluding hydrogens is 349 g/mol. The van der Waals surface area contributed by atoms with E-state index in [1.165, 1.54) is 25.1 Å². The van der Waals surface area contributed by atoms with Crippen molar-refractivity contribution in [1.82, 2.24) is 0 Å². The van der Waals surface area contributed by atoms with Crippen LogP contribution in [0.25, 0.3) is 0 Å². The van der Waals surface area contributed by atoms with E-state index in [0.29, 0.717) is 0 Å². The quantitative estimate of drug-likeness (QED) is 0.458. The minimum Gasteiger partial charge on any atom is -0.480 e. The third-order valence-corrected chi connectivity index (χ3v) is 3.87. The number of carboxylic acid groups (broad SMARTS) is 1. The fraction of sp³-hybridized carbons (Fsp3) is 0.474. The van der Waals surface area contributed by atoms with Gasteiger partial charge in [-0.1, -0.05) is 24.3 Å². The van der Waals surface area contributed by atoms with E-state index in [4.69, 9.17) is 4.74 Å². The van der Waals surface area contributed by atoms with Crippen LogP contribution in [0.4, 0.5) is 13.2 Å². The van der Waals surface area contributed by atoms with Crippen molar-refractivity contribution in [2.24, 2.45) is 5.41 Å². The molecule has 0 spiro atoms. The molecule has 0 saturated carbocycles. The minimum atomic E-state index is -4.50. The Kier molecular flexibility index (Phi) is 6.28. The highest BCUT2D eigenvalue weighted by molar-refractivity contribution is 6.00. The Morgan fingerprint density at radius 1 is 1.08 bits per heavy atom. The van der Waals surface area contributed by atoms with E-state index in [1.54, 1.807) is 33.8 Å². The molecule has 1 aromatic carbocycles. The average Bonchev–Trinajstić information content (AvgIpc) is 2.49. The molecule has 7 heteroatoms. The Bertz CT molecular complexity index is 684. The van der Waals surface area contributed by atoms with Gasteiger partial charge < -0.3 is 9.84 Å². The Hall–Kier alpha value is -2.31. The van der Waals surface area contributed by atoms with Crippen LogP contribution in [0.1, 0.15) is 51.7 Å². The largest absolute Gasteiger partial charge is 0.480 e. The van der Waals surface area contributed by atoms with Crippen molar-refractivity contribution in [2.45, 2.75) is 52.3 Å². The molecule has 2 atom stereocenters. The van der Waals surface area contributed by atoms with Gasteiger partial charge in [-0.05, 0) is 52.3 Å². The highest BCUT2D eigenvalue weighted by atomic mass is 19.4. The van der Waals surface area contributed by atoms with Crippen LogP contribution in [0.3, 0.4) is 0 Å². The predicted molar refractivity (Wildman–Crippen MR) is 90.6 cm³/mol. The van der Waals surface area contributed by atoms with Crippen LogP contribution >= 0.6 is 0 Å². The molecule has 0 saturated heterocycles. The summed E-state index contributed by atoms with van der Waals surface area (Å²) in [6, 6.07) is 4.09. The number of carboxylic acids is 1. The van der Waals surface area contributed by atoms with Crippen LogP contribution in [0.2, 0.25) is 0 Å². The number of hydrogen-bond acceptors (Lipinski definition) is 3. The van der Waals surface area contributed by atoms with E-state index in [2.05, 4.69) is 0 Å². The van der Waals surface area contributed by atoms with Crippen LogP contribution in [-0.2, 0) is 20.5 Å². The van der Waals surface area contributed by atoms with Gasteiger partial charge in [0.25, 0.3) is 0 Å². The standard InChI is InChI=1S/C19H23F3O4/c1-6-7-14(12-8-10-13(11-9-12)19(20,21)22)18(5,15(23)24)16(25)26-17(2,3)4/h6-11,14H,1-5H3,(H,23,24)/t14-,18-/m0/s1. The number of allylic oxidation sites excluding steroid dienone is 2. The number of alkyl halides is 3. The third kappa shape index (κ3) is 4.86. The second kappa shape index (κ2) is 7.51. The molecule has 0 aliphatic rings. The molecule has 4 nitrogen and oxygen atoms in total. The Morgan fingerprint density at radius 3 is 1.92 bits per heavy atom. The van der Waals surface area contributed by atoms with Gasteiger partial charge in [0.2, 0.25) is 0 Å². The van der Waals surface area contributed by atoms with Crippen LogP contribution in [0, 0.1) is 5.41 Å². The lowest BCUT2D eigenvalue weighted by Crippen LogP contribution is -2.45. The molecule has 1 aromatic rings. The number of halogens is 3. The summed E-state index contributed by atoms with van der Waals surface area (Å²) in [6.45, 7) is 7.67. The van der Waals surface area contributed by atoms with E-state index in [-0.39, 0.29) is 5.56 Å². The fourth-order valence-electron chi connectivity index (χ4n) is 2.44. The molecule has 1 N–H and O–H groups in total. The molecule has 1 rings (SSSR count). The summed E-state index contributed by atoms with van der Waals surface area (Å²) >= 11 is 0. The van der Waals surface area contributed by atoms with Gasteiger partial charge in [-0.2, -0.15) is 13.2 Å². The molecule has 0 unspecified atom stereocenters. The molecule has 0 heterocycles. The van der Waals surface area contributed by atoms with Crippen molar-refractivity contribution in [2.75, 3.05) is 0 Å². The van der Waals surface area contributed by atoms with Gasteiger partial charge in [-0.3, -0.25) is 9.59 Å². The molecule has 0 aromatic heterocycles. The maximum absolute atomic E-state index is 12.8. The number of carbonyl (C=O) groups is 2. The molecule has 0 fully saturated rings. The zero-order chi connectivity index (χ0) is 20.3. The summed E-state index contributed by atoms with van der Waals surface area (Å²) in [5.41, 5.74) is -3.49. The normalized spacial score (nSPS) is 16.2. The number of rotatable bonds is 5. The highest BCUT2D eigenvalue weighted by Crippen LogP contribution is 2.40. The van der Waals surface area contributed by atoms with Gasteiger partial charge in [0.05, 0.1) is 5.56 Å². The number of benzene rings is 1. The maximum atomic E-state index is 12.8. The Morgan fingerprint density at radius 2 is 1.58 bits per heavy atom. The van der Waals surface area contributed by atoms with E-state index < -0.39 is 40.6 Å². The van der Waals surface area contributed by atoms with E-state index >= 15 is 0 Å². The summed E-state index contributed by atoms with van der Waals surface area (Å²) in [6.07, 6.45) is -1.48. The second-order valence-corrected chi connectivity index (χ2v) is 7.13. The van der Waals surface area contributed by atoms with Gasteiger partial charge in [0, 0.05) is 5.92 Å². The van der Waals surface area contributed by atoms with Gasteiger partial charge >= 0.3 is 18.1 Å².